The van der Waals surface area contributed by atoms with Gasteiger partial charge in [0, 0.05) is 0 Å². The molecule has 1 aliphatic rings. The van der Waals surface area contributed by atoms with Gasteiger partial charge in [-0.15, -0.1) is 11.6 Å². The number of unbranched alkanes of at least 4 members (excludes halogenated alkanes) is 1. The Bertz CT molecular complexity index is 858. The Morgan fingerprint density at radius 2 is 1.65 bits per heavy atom. The summed E-state index contributed by atoms with van der Waals surface area (Å²) in [5.41, 5.74) is 3.69. The summed E-state index contributed by atoms with van der Waals surface area (Å²) >= 11 is 5.94. The second kappa shape index (κ2) is 13.7. The average molecular weight is 489 g/mol. The summed E-state index contributed by atoms with van der Waals surface area (Å²) < 4.78 is 24.9. The second-order valence-corrected chi connectivity index (χ2v) is 10.3. The van der Waals surface area contributed by atoms with Gasteiger partial charge in [-0.1, -0.05) is 56.2 Å². The predicted molar refractivity (Wildman–Crippen MR) is 137 cm³/mol. The van der Waals surface area contributed by atoms with E-state index in [1.165, 1.54) is 11.1 Å². The maximum absolute atomic E-state index is 13.9. The fourth-order valence-corrected chi connectivity index (χ4v) is 4.53. The zero-order chi connectivity index (χ0) is 24.3. The molecule has 2 aromatic rings. The summed E-state index contributed by atoms with van der Waals surface area (Å²) in [6.45, 7) is 4.41. The minimum atomic E-state index is -1.47. The molecule has 3 rings (SSSR count). The van der Waals surface area contributed by atoms with Crippen molar-refractivity contribution in [3.8, 4) is 16.9 Å². The first kappa shape index (κ1) is 26.5. The lowest BCUT2D eigenvalue weighted by Gasteiger charge is -2.28. The van der Waals surface area contributed by atoms with Crippen LogP contribution in [-0.4, -0.2) is 30.2 Å². The number of halogens is 2. The molecule has 0 bridgehead atoms. The summed E-state index contributed by atoms with van der Waals surface area (Å²) in [4.78, 5) is 11.9. The van der Waals surface area contributed by atoms with Gasteiger partial charge in [0.05, 0.1) is 5.38 Å². The minimum Gasteiger partial charge on any atom is -0.492 e. The highest BCUT2D eigenvalue weighted by molar-refractivity contribution is 6.20. The number of ether oxygens (including phenoxy) is 2. The molecule has 0 saturated heterocycles. The monoisotopic (exact) mass is 488 g/mol. The first-order valence-corrected chi connectivity index (χ1v) is 13.2. The van der Waals surface area contributed by atoms with Gasteiger partial charge in [0.1, 0.15) is 18.5 Å². The molecular weight excluding hydrogens is 451 g/mol. The average Bonchev–Trinajstić information content (AvgIpc) is 2.86. The molecule has 0 amide bonds. The molecule has 186 valence electrons. The molecule has 0 heterocycles. The van der Waals surface area contributed by atoms with Gasteiger partial charge < -0.3 is 9.47 Å². The van der Waals surface area contributed by atoms with Gasteiger partial charge in [0.15, 0.2) is 6.17 Å². The van der Waals surface area contributed by atoms with Crippen LogP contribution >= 0.6 is 11.6 Å². The standard InChI is InChI=1S/C29H38ClFO3/c1-3-4-5-28(31)29(32)34-27-16-10-23(11-17-27)7-6-22-8-12-24(13-9-22)25-14-18-26(19-15-25)33-20-21(2)30/h8-9,12-15,18-19,21,23,27-28H,3-7,10-11,16-17,20H2,1-2H3/t21-,23-,27-,28-/m1/s1. The summed E-state index contributed by atoms with van der Waals surface area (Å²) in [7, 11) is 0. The van der Waals surface area contributed by atoms with Crippen LogP contribution in [0.5, 0.6) is 5.75 Å². The predicted octanol–water partition coefficient (Wildman–Crippen LogP) is 7.92. The first-order valence-electron chi connectivity index (χ1n) is 12.8. The Labute approximate surface area is 209 Å². The van der Waals surface area contributed by atoms with Crippen molar-refractivity contribution in [1.29, 1.82) is 0 Å². The van der Waals surface area contributed by atoms with Crippen molar-refractivity contribution in [3.05, 3.63) is 54.1 Å². The van der Waals surface area contributed by atoms with E-state index < -0.39 is 12.1 Å². The number of alkyl halides is 2. The molecule has 3 nitrogen and oxygen atoms in total. The fourth-order valence-electron chi connectivity index (χ4n) is 4.47. The lowest BCUT2D eigenvalue weighted by atomic mass is 9.83. The normalized spacial score (nSPS) is 19.9. The Balaban J connectivity index is 1.39. The van der Waals surface area contributed by atoms with E-state index in [1.54, 1.807) is 0 Å². The second-order valence-electron chi connectivity index (χ2n) is 9.54. The van der Waals surface area contributed by atoms with Crippen LogP contribution in [0.3, 0.4) is 0 Å². The third kappa shape index (κ3) is 8.61. The Morgan fingerprint density at radius 1 is 1.03 bits per heavy atom. The quantitative estimate of drug-likeness (QED) is 0.225. The van der Waals surface area contributed by atoms with Crippen molar-refractivity contribution < 1.29 is 18.7 Å². The summed E-state index contributed by atoms with van der Waals surface area (Å²) in [5.74, 6) is 0.807. The van der Waals surface area contributed by atoms with Crippen molar-refractivity contribution in [1.82, 2.24) is 0 Å². The Hall–Kier alpha value is -2.07. The van der Waals surface area contributed by atoms with E-state index in [0.29, 0.717) is 12.5 Å². The van der Waals surface area contributed by atoms with E-state index in [4.69, 9.17) is 21.1 Å². The molecule has 0 unspecified atom stereocenters. The number of esters is 1. The summed E-state index contributed by atoms with van der Waals surface area (Å²) in [6.07, 6.45) is 6.26. The molecule has 0 aromatic heterocycles. The molecule has 1 fully saturated rings. The molecule has 2 aromatic carbocycles. The van der Waals surface area contributed by atoms with E-state index in [1.807, 2.05) is 26.0 Å². The molecule has 0 N–H and O–H groups in total. The number of carbonyl (C=O) groups excluding carboxylic acids is 1. The molecule has 0 aliphatic heterocycles. The largest absolute Gasteiger partial charge is 0.492 e. The molecule has 0 spiro atoms. The van der Waals surface area contributed by atoms with E-state index in [0.717, 1.165) is 62.7 Å². The van der Waals surface area contributed by atoms with Crippen LogP contribution in [0.2, 0.25) is 0 Å². The van der Waals surface area contributed by atoms with Crippen molar-refractivity contribution in [3.63, 3.8) is 0 Å². The number of benzene rings is 2. The van der Waals surface area contributed by atoms with Crippen molar-refractivity contribution in [2.45, 2.75) is 89.3 Å². The van der Waals surface area contributed by atoms with Crippen LogP contribution < -0.4 is 4.74 Å². The lowest BCUT2D eigenvalue weighted by Crippen LogP contribution is -2.29. The molecule has 2 atom stereocenters. The molecular formula is C29H38ClFO3. The minimum absolute atomic E-state index is 0.00997. The highest BCUT2D eigenvalue weighted by Gasteiger charge is 2.27. The van der Waals surface area contributed by atoms with Gasteiger partial charge >= 0.3 is 5.97 Å². The van der Waals surface area contributed by atoms with Crippen LogP contribution in [0.25, 0.3) is 11.1 Å². The van der Waals surface area contributed by atoms with Crippen molar-refractivity contribution in [2.75, 3.05) is 6.61 Å². The van der Waals surface area contributed by atoms with Gasteiger partial charge in [-0.2, -0.15) is 0 Å². The van der Waals surface area contributed by atoms with Crippen LogP contribution in [0.1, 0.15) is 70.8 Å². The number of rotatable bonds is 12. The van der Waals surface area contributed by atoms with Gasteiger partial charge in [0.2, 0.25) is 0 Å². The number of hydrogen-bond donors (Lipinski definition) is 0. The molecule has 0 radical (unpaired) electrons. The molecule has 1 saturated carbocycles. The number of carbonyl (C=O) groups is 1. The zero-order valence-electron chi connectivity index (χ0n) is 20.5. The van der Waals surface area contributed by atoms with Crippen LogP contribution in [0, 0.1) is 5.92 Å². The van der Waals surface area contributed by atoms with E-state index in [-0.39, 0.29) is 17.9 Å². The zero-order valence-corrected chi connectivity index (χ0v) is 21.2. The Kier molecular flexibility index (Phi) is 10.7. The van der Waals surface area contributed by atoms with Crippen LogP contribution in [0.15, 0.2) is 48.5 Å². The summed E-state index contributed by atoms with van der Waals surface area (Å²) in [6, 6.07) is 16.9. The Morgan fingerprint density at radius 3 is 2.24 bits per heavy atom. The van der Waals surface area contributed by atoms with Gasteiger partial charge in [-0.3, -0.25) is 0 Å². The van der Waals surface area contributed by atoms with E-state index in [2.05, 4.69) is 36.4 Å². The number of hydrogen-bond acceptors (Lipinski definition) is 3. The summed E-state index contributed by atoms with van der Waals surface area (Å²) in [5, 5.41) is -0.00997. The van der Waals surface area contributed by atoms with Gasteiger partial charge in [0.25, 0.3) is 0 Å². The van der Waals surface area contributed by atoms with E-state index >= 15 is 0 Å². The maximum atomic E-state index is 13.9. The number of aryl methyl sites for hydroxylation is 1. The van der Waals surface area contributed by atoms with Crippen LogP contribution in [0.4, 0.5) is 4.39 Å². The van der Waals surface area contributed by atoms with Gasteiger partial charge in [-0.05, 0) is 86.6 Å². The maximum Gasteiger partial charge on any atom is 0.340 e. The van der Waals surface area contributed by atoms with E-state index in [9.17, 15) is 9.18 Å². The highest BCUT2D eigenvalue weighted by Crippen LogP contribution is 2.30. The molecule has 5 heteroatoms. The fraction of sp³-hybridized carbons (Fsp3) is 0.552. The topological polar surface area (TPSA) is 35.5 Å². The smallest absolute Gasteiger partial charge is 0.340 e. The van der Waals surface area contributed by atoms with Crippen molar-refractivity contribution in [2.24, 2.45) is 5.92 Å². The van der Waals surface area contributed by atoms with Crippen LogP contribution in [-0.2, 0) is 16.0 Å². The highest BCUT2D eigenvalue weighted by atomic mass is 35.5. The third-order valence-corrected chi connectivity index (χ3v) is 6.73. The van der Waals surface area contributed by atoms with Crippen molar-refractivity contribution >= 4 is 17.6 Å². The lowest BCUT2D eigenvalue weighted by molar-refractivity contribution is -0.157. The molecule has 1 aliphatic carbocycles. The SMILES string of the molecule is CCCC[C@@H](F)C(=O)O[C@H]1CC[C@H](CCc2ccc(-c3ccc(OC[C@@H](C)Cl)cc3)cc2)CC1. The first-order chi connectivity index (χ1) is 16.4. The molecule has 34 heavy (non-hydrogen) atoms. The van der Waals surface area contributed by atoms with Gasteiger partial charge in [-0.25, -0.2) is 9.18 Å². The third-order valence-electron chi connectivity index (χ3n) is 6.61.